The lowest BCUT2D eigenvalue weighted by molar-refractivity contribution is -0.320. The highest BCUT2D eigenvalue weighted by Gasteiger charge is 2.52. The largest absolute Gasteiger partial charge is 0.395 e. The van der Waals surface area contributed by atoms with Crippen LogP contribution in [0, 0.1) is 0 Å². The molecular weight excluding hydrogens is 514 g/mol. The highest BCUT2D eigenvalue weighted by molar-refractivity contribution is 5.03. The molecule has 1 saturated carbocycles. The van der Waals surface area contributed by atoms with Crippen molar-refractivity contribution in [2.75, 3.05) is 26.4 Å². The summed E-state index contributed by atoms with van der Waals surface area (Å²) in [6.45, 7) is -1.69. The van der Waals surface area contributed by atoms with Gasteiger partial charge in [-0.25, -0.2) is 0 Å². The molecule has 15 atom stereocenters. The van der Waals surface area contributed by atoms with Gasteiger partial charge in [-0.05, 0) is 6.42 Å². The van der Waals surface area contributed by atoms with Gasteiger partial charge in [0.25, 0.3) is 0 Å². The zero-order chi connectivity index (χ0) is 28.3. The summed E-state index contributed by atoms with van der Waals surface area (Å²) in [5, 5.41) is 84.1. The Morgan fingerprint density at radius 2 is 1.34 bits per heavy atom. The normalized spacial score (nSPS) is 48.4. The third kappa shape index (κ3) is 6.61. The van der Waals surface area contributed by atoms with Crippen LogP contribution in [0.15, 0.2) is 0 Å². The van der Waals surface area contributed by atoms with Crippen molar-refractivity contribution in [2.24, 2.45) is 22.9 Å². The molecule has 2 aliphatic heterocycles. The second kappa shape index (κ2) is 13.8. The number of rotatable bonds is 10. The van der Waals surface area contributed by atoms with E-state index in [1.54, 1.807) is 0 Å². The van der Waals surface area contributed by atoms with E-state index in [2.05, 4.69) is 5.32 Å². The fraction of sp³-hybridized carbons (Fsp3) is 1.00. The molecule has 3 rings (SSSR count). The molecule has 0 radical (unpaired) electrons. The fourth-order valence-electron chi connectivity index (χ4n) is 5.03. The number of nitrogens with two attached hydrogens (primary N) is 4. The summed E-state index contributed by atoms with van der Waals surface area (Å²) >= 11 is 0. The molecule has 224 valence electrons. The van der Waals surface area contributed by atoms with Gasteiger partial charge in [0, 0.05) is 18.6 Å². The SMILES string of the molecule is NC[C@H]1O[C@H](O[C@H]2[C@H](O)C(O[C@H]3O[C@H](CO)[C@@H](O)[C@H](N)[C@H]3O)[C@H](NC(CO)CO)C[C@@H]2N)[C@H](N)[C@@H](O)[C@@H]1O. The second-order valence-electron chi connectivity index (χ2n) is 10.0. The Hall–Kier alpha value is -0.680. The molecule has 1 aliphatic carbocycles. The Morgan fingerprint density at radius 1 is 0.737 bits per heavy atom. The molecule has 1 unspecified atom stereocenters. The second-order valence-corrected chi connectivity index (χ2v) is 10.0. The molecule has 0 bridgehead atoms. The number of ether oxygens (including phenoxy) is 4. The predicted octanol–water partition coefficient (Wildman–Crippen LogP) is -8.34. The van der Waals surface area contributed by atoms with Crippen LogP contribution in [0.3, 0.4) is 0 Å². The number of aliphatic hydroxyl groups is 8. The third-order valence-corrected chi connectivity index (χ3v) is 7.41. The van der Waals surface area contributed by atoms with Crippen molar-refractivity contribution in [2.45, 2.75) is 104 Å². The quantitative estimate of drug-likeness (QED) is 0.118. The fourth-order valence-corrected chi connectivity index (χ4v) is 5.03. The summed E-state index contributed by atoms with van der Waals surface area (Å²) < 4.78 is 22.9. The highest BCUT2D eigenvalue weighted by Crippen LogP contribution is 2.31. The molecule has 3 fully saturated rings. The van der Waals surface area contributed by atoms with Crippen LogP contribution >= 0.6 is 0 Å². The average Bonchev–Trinajstić information content (AvgIpc) is 2.91. The van der Waals surface area contributed by atoms with Crippen molar-refractivity contribution in [3.8, 4) is 0 Å². The van der Waals surface area contributed by atoms with Crippen LogP contribution in [0.1, 0.15) is 6.42 Å². The minimum atomic E-state index is -1.56. The minimum absolute atomic E-state index is 0.0528. The number of aliphatic hydroxyl groups excluding tert-OH is 8. The van der Waals surface area contributed by atoms with Crippen molar-refractivity contribution in [3.05, 3.63) is 0 Å². The third-order valence-electron chi connectivity index (χ3n) is 7.41. The van der Waals surface area contributed by atoms with Crippen LogP contribution in [0.4, 0.5) is 0 Å². The number of hydrogen-bond acceptors (Lipinski definition) is 17. The van der Waals surface area contributed by atoms with Gasteiger partial charge in [-0.3, -0.25) is 0 Å². The van der Waals surface area contributed by atoms with Crippen molar-refractivity contribution in [1.29, 1.82) is 0 Å². The highest BCUT2D eigenvalue weighted by atomic mass is 16.7. The van der Waals surface area contributed by atoms with Crippen LogP contribution in [0.25, 0.3) is 0 Å². The van der Waals surface area contributed by atoms with Crippen molar-refractivity contribution < 1.29 is 59.8 Å². The van der Waals surface area contributed by atoms with Crippen LogP contribution in [0.2, 0.25) is 0 Å². The van der Waals surface area contributed by atoms with Gasteiger partial charge in [-0.1, -0.05) is 0 Å². The van der Waals surface area contributed by atoms with Gasteiger partial charge in [0.2, 0.25) is 0 Å². The van der Waals surface area contributed by atoms with E-state index < -0.39 is 118 Å². The molecular formula is C21H43N5O12. The van der Waals surface area contributed by atoms with Crippen LogP contribution in [-0.2, 0) is 18.9 Å². The molecule has 2 heterocycles. The summed E-state index contributed by atoms with van der Waals surface area (Å²) in [5.41, 5.74) is 23.8. The summed E-state index contributed by atoms with van der Waals surface area (Å²) in [6.07, 6.45) is -14.7. The minimum Gasteiger partial charge on any atom is -0.395 e. The van der Waals surface area contributed by atoms with Gasteiger partial charge in [0.05, 0.1) is 37.9 Å². The molecule has 0 amide bonds. The zero-order valence-electron chi connectivity index (χ0n) is 20.8. The molecule has 0 spiro atoms. The Balaban J connectivity index is 1.83. The Labute approximate surface area is 219 Å². The van der Waals surface area contributed by atoms with Gasteiger partial charge in [-0.15, -0.1) is 0 Å². The van der Waals surface area contributed by atoms with Crippen molar-refractivity contribution >= 4 is 0 Å². The molecule has 38 heavy (non-hydrogen) atoms. The lowest BCUT2D eigenvalue weighted by atomic mass is 9.83. The summed E-state index contributed by atoms with van der Waals surface area (Å²) in [5.74, 6) is 0. The van der Waals surface area contributed by atoms with Gasteiger partial charge in [0.1, 0.15) is 54.9 Å². The van der Waals surface area contributed by atoms with E-state index in [-0.39, 0.29) is 13.0 Å². The van der Waals surface area contributed by atoms with Gasteiger partial charge in [-0.2, -0.15) is 0 Å². The zero-order valence-corrected chi connectivity index (χ0v) is 20.8. The van der Waals surface area contributed by atoms with Gasteiger partial charge < -0.3 is 88.1 Å². The maximum absolute atomic E-state index is 11.3. The molecule has 17 N–H and O–H groups in total. The molecule has 0 aromatic carbocycles. The van der Waals surface area contributed by atoms with Crippen molar-refractivity contribution in [3.63, 3.8) is 0 Å². The van der Waals surface area contributed by atoms with E-state index in [1.807, 2.05) is 0 Å². The summed E-state index contributed by atoms with van der Waals surface area (Å²) in [6, 6.07) is -4.98. The molecule has 17 nitrogen and oxygen atoms in total. The molecule has 2 saturated heterocycles. The first-order valence-electron chi connectivity index (χ1n) is 12.6. The monoisotopic (exact) mass is 557 g/mol. The van der Waals surface area contributed by atoms with E-state index in [0.717, 1.165) is 0 Å². The number of hydrogen-bond donors (Lipinski definition) is 13. The summed E-state index contributed by atoms with van der Waals surface area (Å²) in [7, 11) is 0. The molecule has 0 aromatic rings. The topological polar surface area (TPSA) is 315 Å². The Kier molecular flexibility index (Phi) is 11.6. The van der Waals surface area contributed by atoms with Crippen LogP contribution in [-0.4, -0.2) is 165 Å². The van der Waals surface area contributed by atoms with E-state index in [0.29, 0.717) is 0 Å². The summed E-state index contributed by atoms with van der Waals surface area (Å²) in [4.78, 5) is 0. The molecule has 3 aliphatic rings. The first-order chi connectivity index (χ1) is 18.0. The maximum atomic E-state index is 11.3. The van der Waals surface area contributed by atoms with Gasteiger partial charge >= 0.3 is 0 Å². The Bertz CT molecular complexity index is 724. The standard InChI is InChI=1S/C21H43N5O12/c22-2-9-14(31)15(32)12(25)20(35-9)37-18-7(23)1-8(26-6(3-27)4-28)19(17(18)34)38-21-16(33)11(24)13(30)10(5-29)36-21/h6-21,26-34H,1-5,22-25H2/t7-,8+,9+,10+,11-,12+,13+,14+,15+,16+,17-,18+,19?,20+,21+/m0/s1. The van der Waals surface area contributed by atoms with E-state index >= 15 is 0 Å². The number of nitrogens with one attached hydrogen (secondary N) is 1. The molecule has 17 heteroatoms. The van der Waals surface area contributed by atoms with Gasteiger partial charge in [0.15, 0.2) is 12.6 Å². The van der Waals surface area contributed by atoms with Crippen LogP contribution < -0.4 is 28.3 Å². The Morgan fingerprint density at radius 3 is 1.92 bits per heavy atom. The van der Waals surface area contributed by atoms with E-state index in [9.17, 15) is 40.9 Å². The average molecular weight is 558 g/mol. The first-order valence-corrected chi connectivity index (χ1v) is 12.6. The van der Waals surface area contributed by atoms with E-state index in [1.165, 1.54) is 0 Å². The smallest absolute Gasteiger partial charge is 0.186 e. The van der Waals surface area contributed by atoms with Crippen molar-refractivity contribution in [1.82, 2.24) is 5.32 Å². The predicted molar refractivity (Wildman–Crippen MR) is 127 cm³/mol. The van der Waals surface area contributed by atoms with Crippen LogP contribution in [0.5, 0.6) is 0 Å². The van der Waals surface area contributed by atoms with E-state index in [4.69, 9.17) is 41.9 Å². The lowest BCUT2D eigenvalue weighted by Crippen LogP contribution is -2.70. The first kappa shape index (κ1) is 31.8. The lowest BCUT2D eigenvalue weighted by Gasteiger charge is -2.49. The molecule has 0 aromatic heterocycles. The maximum Gasteiger partial charge on any atom is 0.186 e.